The van der Waals surface area contributed by atoms with Gasteiger partial charge in [-0.15, -0.1) is 0 Å². The Morgan fingerprint density at radius 3 is 2.58 bits per heavy atom. The van der Waals surface area contributed by atoms with Gasteiger partial charge in [-0.3, -0.25) is 4.90 Å². The van der Waals surface area contributed by atoms with Gasteiger partial charge in [-0.05, 0) is 24.8 Å². The van der Waals surface area contributed by atoms with Crippen molar-refractivity contribution in [1.29, 1.82) is 0 Å². The number of aliphatic hydroxyl groups is 1. The zero-order valence-electron chi connectivity index (χ0n) is 8.51. The molecule has 0 bridgehead atoms. The van der Waals surface area contributed by atoms with E-state index in [0.29, 0.717) is 18.1 Å². The molecule has 1 saturated heterocycles. The lowest BCUT2D eigenvalue weighted by molar-refractivity contribution is 0.124. The molecule has 0 aromatic carbocycles. The second-order valence-corrected chi connectivity index (χ2v) is 5.01. The van der Waals surface area contributed by atoms with Crippen molar-refractivity contribution >= 4 is 0 Å². The van der Waals surface area contributed by atoms with E-state index in [1.807, 2.05) is 0 Å². The van der Waals surface area contributed by atoms with Gasteiger partial charge in [0.2, 0.25) is 0 Å². The van der Waals surface area contributed by atoms with Crippen LogP contribution in [0.1, 0.15) is 33.6 Å². The normalized spacial score (nSPS) is 26.5. The van der Waals surface area contributed by atoms with Gasteiger partial charge < -0.3 is 5.11 Å². The number of aliphatic hydroxyl groups excluding tert-OH is 1. The first kappa shape index (κ1) is 10.0. The van der Waals surface area contributed by atoms with Crippen LogP contribution in [0.4, 0.5) is 0 Å². The van der Waals surface area contributed by atoms with Gasteiger partial charge in [-0.1, -0.05) is 20.8 Å². The fraction of sp³-hybridized carbons (Fsp3) is 1.00. The first-order chi connectivity index (χ1) is 5.53. The third kappa shape index (κ3) is 2.76. The number of hydrogen-bond acceptors (Lipinski definition) is 2. The van der Waals surface area contributed by atoms with Crippen molar-refractivity contribution in [3.63, 3.8) is 0 Å². The Morgan fingerprint density at radius 1 is 1.42 bits per heavy atom. The number of rotatable bonds is 2. The fourth-order valence-electron chi connectivity index (χ4n) is 1.92. The van der Waals surface area contributed by atoms with Gasteiger partial charge in [0.05, 0.1) is 6.61 Å². The van der Waals surface area contributed by atoms with Gasteiger partial charge in [0.1, 0.15) is 0 Å². The molecule has 1 rings (SSSR count). The summed E-state index contributed by atoms with van der Waals surface area (Å²) in [5.74, 6) is 0. The van der Waals surface area contributed by atoms with E-state index < -0.39 is 0 Å². The van der Waals surface area contributed by atoms with Crippen LogP contribution in [-0.2, 0) is 0 Å². The molecule has 2 nitrogen and oxygen atoms in total. The number of nitrogens with zero attached hydrogens (tertiary/aromatic N) is 1. The van der Waals surface area contributed by atoms with Gasteiger partial charge >= 0.3 is 0 Å². The van der Waals surface area contributed by atoms with E-state index in [-0.39, 0.29) is 0 Å². The highest BCUT2D eigenvalue weighted by molar-refractivity contribution is 4.81. The minimum atomic E-state index is 0.329. The summed E-state index contributed by atoms with van der Waals surface area (Å²) in [6.07, 6.45) is 2.42. The largest absolute Gasteiger partial charge is 0.395 e. The molecule has 72 valence electrons. The lowest BCUT2D eigenvalue weighted by Gasteiger charge is -2.30. The van der Waals surface area contributed by atoms with E-state index in [9.17, 15) is 0 Å². The summed E-state index contributed by atoms with van der Waals surface area (Å²) in [4.78, 5) is 2.42. The maximum absolute atomic E-state index is 9.09. The topological polar surface area (TPSA) is 23.5 Å². The Labute approximate surface area is 75.6 Å². The molecule has 0 spiro atoms. The molecule has 1 aliphatic rings. The third-order valence-corrected chi connectivity index (χ3v) is 2.39. The molecule has 0 aromatic heterocycles. The number of hydrogen-bond donors (Lipinski definition) is 1. The van der Waals surface area contributed by atoms with Crippen LogP contribution in [0.2, 0.25) is 0 Å². The van der Waals surface area contributed by atoms with Crippen LogP contribution in [0, 0.1) is 5.41 Å². The van der Waals surface area contributed by atoms with Crippen LogP contribution in [-0.4, -0.2) is 35.7 Å². The van der Waals surface area contributed by atoms with Crippen LogP contribution in [0.3, 0.4) is 0 Å². The SMILES string of the molecule is CC(C)(C)CN1CCC[C@@H]1CO. The van der Waals surface area contributed by atoms with Crippen LogP contribution < -0.4 is 0 Å². The standard InChI is InChI=1S/C10H21NO/c1-10(2,3)8-11-6-4-5-9(11)7-12/h9,12H,4-8H2,1-3H3/t9-/m1/s1. The lowest BCUT2D eigenvalue weighted by Crippen LogP contribution is -2.38. The molecule has 0 amide bonds. The van der Waals surface area contributed by atoms with Gasteiger partial charge in [-0.25, -0.2) is 0 Å². The predicted octanol–water partition coefficient (Wildman–Crippen LogP) is 1.49. The van der Waals surface area contributed by atoms with Crippen molar-refractivity contribution in [2.75, 3.05) is 19.7 Å². The molecule has 0 saturated carbocycles. The molecule has 2 heteroatoms. The summed E-state index contributed by atoms with van der Waals surface area (Å²) in [5.41, 5.74) is 0.359. The average Bonchev–Trinajstić information content (AvgIpc) is 2.31. The van der Waals surface area contributed by atoms with Crippen LogP contribution in [0.25, 0.3) is 0 Å². The molecule has 1 N–H and O–H groups in total. The van der Waals surface area contributed by atoms with E-state index in [4.69, 9.17) is 5.11 Å². The Morgan fingerprint density at radius 2 is 2.08 bits per heavy atom. The van der Waals surface area contributed by atoms with Crippen molar-refractivity contribution < 1.29 is 5.11 Å². The van der Waals surface area contributed by atoms with Crippen LogP contribution in [0.5, 0.6) is 0 Å². The Bertz CT molecular complexity index is 139. The highest BCUT2D eigenvalue weighted by Crippen LogP contribution is 2.23. The van der Waals surface area contributed by atoms with E-state index >= 15 is 0 Å². The van der Waals surface area contributed by atoms with Gasteiger partial charge in [0.15, 0.2) is 0 Å². The van der Waals surface area contributed by atoms with Crippen molar-refractivity contribution in [2.24, 2.45) is 5.41 Å². The molecule has 0 aliphatic carbocycles. The Hall–Kier alpha value is -0.0800. The molecule has 1 atom stereocenters. The molecule has 1 heterocycles. The summed E-state index contributed by atoms with van der Waals surface area (Å²) in [6, 6.07) is 0.434. The lowest BCUT2D eigenvalue weighted by atomic mass is 9.96. The third-order valence-electron chi connectivity index (χ3n) is 2.39. The van der Waals surface area contributed by atoms with Gasteiger partial charge in [-0.2, -0.15) is 0 Å². The predicted molar refractivity (Wildman–Crippen MR) is 51.1 cm³/mol. The van der Waals surface area contributed by atoms with Crippen LogP contribution >= 0.6 is 0 Å². The molecule has 1 aliphatic heterocycles. The summed E-state index contributed by atoms with van der Waals surface area (Å²) in [7, 11) is 0. The monoisotopic (exact) mass is 171 g/mol. The summed E-state index contributed by atoms with van der Waals surface area (Å²) in [5, 5.41) is 9.09. The maximum Gasteiger partial charge on any atom is 0.0586 e. The van der Waals surface area contributed by atoms with Crippen molar-refractivity contribution in [3.8, 4) is 0 Å². The zero-order chi connectivity index (χ0) is 9.19. The second-order valence-electron chi connectivity index (χ2n) is 5.01. The van der Waals surface area contributed by atoms with E-state index in [1.165, 1.54) is 19.4 Å². The minimum absolute atomic E-state index is 0.329. The first-order valence-electron chi connectivity index (χ1n) is 4.88. The van der Waals surface area contributed by atoms with E-state index in [0.717, 1.165) is 6.54 Å². The second kappa shape index (κ2) is 3.75. The van der Waals surface area contributed by atoms with E-state index in [2.05, 4.69) is 25.7 Å². The smallest absolute Gasteiger partial charge is 0.0586 e. The average molecular weight is 171 g/mol. The highest BCUT2D eigenvalue weighted by Gasteiger charge is 2.26. The van der Waals surface area contributed by atoms with Gasteiger partial charge in [0.25, 0.3) is 0 Å². The maximum atomic E-state index is 9.09. The zero-order valence-corrected chi connectivity index (χ0v) is 8.51. The van der Waals surface area contributed by atoms with Crippen molar-refractivity contribution in [3.05, 3.63) is 0 Å². The highest BCUT2D eigenvalue weighted by atomic mass is 16.3. The molecule has 0 unspecified atom stereocenters. The molecular formula is C10H21NO. The van der Waals surface area contributed by atoms with Gasteiger partial charge in [0, 0.05) is 12.6 Å². The Balaban J connectivity index is 2.41. The molecule has 1 fully saturated rings. The number of likely N-dealkylation sites (tertiary alicyclic amines) is 1. The molecule has 0 radical (unpaired) electrons. The Kier molecular flexibility index (Phi) is 3.13. The summed E-state index contributed by atoms with van der Waals surface area (Å²) < 4.78 is 0. The summed E-state index contributed by atoms with van der Waals surface area (Å²) in [6.45, 7) is 9.36. The fourth-order valence-corrected chi connectivity index (χ4v) is 1.92. The molecule has 0 aromatic rings. The minimum Gasteiger partial charge on any atom is -0.395 e. The van der Waals surface area contributed by atoms with Crippen LogP contribution in [0.15, 0.2) is 0 Å². The van der Waals surface area contributed by atoms with E-state index in [1.54, 1.807) is 0 Å². The molecule has 12 heavy (non-hydrogen) atoms. The quantitative estimate of drug-likeness (QED) is 0.680. The molecular weight excluding hydrogens is 150 g/mol. The van der Waals surface area contributed by atoms with Crippen molar-refractivity contribution in [2.45, 2.75) is 39.7 Å². The van der Waals surface area contributed by atoms with Crippen molar-refractivity contribution in [1.82, 2.24) is 4.90 Å². The summed E-state index contributed by atoms with van der Waals surface area (Å²) >= 11 is 0. The first-order valence-corrected chi connectivity index (χ1v) is 4.88.